The van der Waals surface area contributed by atoms with Gasteiger partial charge in [-0.15, -0.1) is 0 Å². The summed E-state index contributed by atoms with van der Waals surface area (Å²) < 4.78 is 6.41. The van der Waals surface area contributed by atoms with Crippen molar-refractivity contribution >= 4 is 33.7 Å². The maximum Gasteiger partial charge on any atom is 0.246 e. The van der Waals surface area contributed by atoms with Crippen molar-refractivity contribution in [3.8, 4) is 0 Å². The fraction of sp³-hybridized carbons (Fsp3) is 0.864. The summed E-state index contributed by atoms with van der Waals surface area (Å²) >= 11 is 3.66. The summed E-state index contributed by atoms with van der Waals surface area (Å²) in [7, 11) is 1.57. The smallest absolute Gasteiger partial charge is 0.246 e. The minimum atomic E-state index is -0.969. The number of rotatable bonds is 8. The summed E-state index contributed by atoms with van der Waals surface area (Å²) in [5.74, 6) is -1.73. The molecule has 0 aromatic rings. The second-order valence-electron chi connectivity index (χ2n) is 9.44. The number of aliphatic hydroxyl groups excluding tert-OH is 1. The van der Waals surface area contributed by atoms with Crippen LogP contribution in [0.15, 0.2) is 0 Å². The first-order valence-electron chi connectivity index (χ1n) is 11.7. The zero-order valence-corrected chi connectivity index (χ0v) is 19.7. The largest absolute Gasteiger partial charge is 0.396 e. The third-order valence-corrected chi connectivity index (χ3v) is 8.44. The van der Waals surface area contributed by atoms with E-state index in [1.807, 2.05) is 0 Å². The van der Waals surface area contributed by atoms with E-state index in [1.54, 1.807) is 11.9 Å². The highest BCUT2D eigenvalue weighted by molar-refractivity contribution is 9.09. The van der Waals surface area contributed by atoms with Crippen LogP contribution in [-0.4, -0.2) is 76.5 Å². The molecule has 3 amide bonds. The fourth-order valence-electron chi connectivity index (χ4n) is 6.23. The molecule has 3 unspecified atom stereocenters. The Bertz CT molecular complexity index is 715. The number of carbonyl (C=O) groups is 3. The lowest BCUT2D eigenvalue weighted by molar-refractivity contribution is -0.142. The van der Waals surface area contributed by atoms with E-state index in [-0.39, 0.29) is 35.2 Å². The van der Waals surface area contributed by atoms with Crippen LogP contribution in [-0.2, 0) is 19.1 Å². The summed E-state index contributed by atoms with van der Waals surface area (Å²) in [5.41, 5.74) is -0.969. The minimum Gasteiger partial charge on any atom is -0.396 e. The Labute approximate surface area is 191 Å². The molecule has 174 valence electrons. The van der Waals surface area contributed by atoms with Crippen molar-refractivity contribution in [3.63, 3.8) is 0 Å². The van der Waals surface area contributed by atoms with Gasteiger partial charge in [0.2, 0.25) is 17.7 Å². The molecular weight excluding hydrogens is 466 g/mol. The van der Waals surface area contributed by atoms with Crippen LogP contribution in [0.2, 0.25) is 0 Å². The van der Waals surface area contributed by atoms with Gasteiger partial charge in [0.15, 0.2) is 0 Å². The zero-order valence-electron chi connectivity index (χ0n) is 18.1. The predicted octanol–water partition coefficient (Wildman–Crippen LogP) is 1.09. The van der Waals surface area contributed by atoms with Gasteiger partial charge in [-0.2, -0.15) is 0 Å². The van der Waals surface area contributed by atoms with E-state index in [0.29, 0.717) is 25.8 Å². The fourth-order valence-corrected chi connectivity index (χ4v) is 7.18. The number of likely N-dealkylation sites (tertiary alicyclic amines) is 1. The summed E-state index contributed by atoms with van der Waals surface area (Å²) in [6.45, 7) is 0.544. The van der Waals surface area contributed by atoms with Crippen LogP contribution in [0, 0.1) is 11.8 Å². The molecule has 4 rings (SSSR count). The van der Waals surface area contributed by atoms with E-state index in [0.717, 1.165) is 32.1 Å². The molecule has 1 aliphatic carbocycles. The minimum absolute atomic E-state index is 0.0711. The van der Waals surface area contributed by atoms with Crippen LogP contribution >= 0.6 is 15.9 Å². The first kappa shape index (κ1) is 23.0. The van der Waals surface area contributed by atoms with Gasteiger partial charge in [0.05, 0.1) is 17.9 Å². The molecule has 9 heteroatoms. The molecule has 0 aromatic heterocycles. The van der Waals surface area contributed by atoms with E-state index >= 15 is 0 Å². The highest BCUT2D eigenvalue weighted by Crippen LogP contribution is 2.60. The number of carbonyl (C=O) groups excluding carboxylic acids is 3. The first-order valence-corrected chi connectivity index (χ1v) is 12.6. The SMILES string of the molecule is CNC(=O)[C@H]1[C@H]2C(=O)N(CCCCCO)C(C(=O)NC3CCCCC3)C23CC(Br)[C@@H]1O3. The average Bonchev–Trinajstić information content (AvgIpc) is 3.35. The molecule has 4 aliphatic rings. The van der Waals surface area contributed by atoms with Crippen LogP contribution in [0.4, 0.5) is 0 Å². The third kappa shape index (κ3) is 3.91. The molecule has 3 saturated heterocycles. The van der Waals surface area contributed by atoms with Gasteiger partial charge in [0.1, 0.15) is 11.6 Å². The van der Waals surface area contributed by atoms with Crippen LogP contribution < -0.4 is 10.6 Å². The molecule has 31 heavy (non-hydrogen) atoms. The van der Waals surface area contributed by atoms with E-state index in [9.17, 15) is 14.4 Å². The molecule has 3 heterocycles. The van der Waals surface area contributed by atoms with Gasteiger partial charge in [0.25, 0.3) is 0 Å². The summed E-state index contributed by atoms with van der Waals surface area (Å²) in [4.78, 5) is 41.5. The van der Waals surface area contributed by atoms with Crippen molar-refractivity contribution in [3.05, 3.63) is 0 Å². The van der Waals surface area contributed by atoms with E-state index in [2.05, 4.69) is 26.6 Å². The van der Waals surface area contributed by atoms with Crippen LogP contribution in [0.1, 0.15) is 57.8 Å². The average molecular weight is 500 g/mol. The van der Waals surface area contributed by atoms with Crippen molar-refractivity contribution in [1.29, 1.82) is 0 Å². The van der Waals surface area contributed by atoms with Gasteiger partial charge in [0, 0.05) is 31.1 Å². The number of hydrogen-bond acceptors (Lipinski definition) is 5. The second-order valence-corrected chi connectivity index (χ2v) is 10.6. The Morgan fingerprint density at radius 2 is 1.94 bits per heavy atom. The normalized spacial score (nSPS) is 37.2. The lowest BCUT2D eigenvalue weighted by Gasteiger charge is -2.35. The Balaban J connectivity index is 1.62. The maximum absolute atomic E-state index is 13.6. The molecule has 3 N–H and O–H groups in total. The zero-order chi connectivity index (χ0) is 22.2. The highest BCUT2D eigenvalue weighted by Gasteiger charge is 2.76. The topological polar surface area (TPSA) is 108 Å². The maximum atomic E-state index is 13.6. The number of hydrogen-bond donors (Lipinski definition) is 3. The molecule has 6 atom stereocenters. The van der Waals surface area contributed by atoms with E-state index in [1.165, 1.54) is 6.42 Å². The van der Waals surface area contributed by atoms with Crippen molar-refractivity contribution in [2.24, 2.45) is 11.8 Å². The third-order valence-electron chi connectivity index (χ3n) is 7.60. The molecule has 3 aliphatic heterocycles. The molecule has 1 spiro atoms. The van der Waals surface area contributed by atoms with Crippen LogP contribution in [0.25, 0.3) is 0 Å². The van der Waals surface area contributed by atoms with Crippen LogP contribution in [0.5, 0.6) is 0 Å². The Hall–Kier alpha value is -1.19. The van der Waals surface area contributed by atoms with Crippen LogP contribution in [0.3, 0.4) is 0 Å². The number of halogens is 1. The Morgan fingerprint density at radius 1 is 1.19 bits per heavy atom. The second kappa shape index (κ2) is 9.35. The predicted molar refractivity (Wildman–Crippen MR) is 117 cm³/mol. The number of unbranched alkanes of at least 4 members (excludes halogenated alkanes) is 2. The number of aliphatic hydroxyl groups is 1. The van der Waals surface area contributed by atoms with Gasteiger partial charge >= 0.3 is 0 Å². The van der Waals surface area contributed by atoms with Gasteiger partial charge < -0.3 is 25.4 Å². The summed E-state index contributed by atoms with van der Waals surface area (Å²) in [6, 6.07) is -0.586. The van der Waals surface area contributed by atoms with Gasteiger partial charge in [-0.3, -0.25) is 14.4 Å². The van der Waals surface area contributed by atoms with Gasteiger partial charge in [-0.1, -0.05) is 35.2 Å². The summed E-state index contributed by atoms with van der Waals surface area (Å²) in [5, 5.41) is 15.0. The van der Waals surface area contributed by atoms with Gasteiger partial charge in [-0.05, 0) is 38.5 Å². The number of nitrogens with zero attached hydrogens (tertiary/aromatic N) is 1. The monoisotopic (exact) mass is 499 g/mol. The molecule has 4 fully saturated rings. The first-order chi connectivity index (χ1) is 14.9. The lowest BCUT2D eigenvalue weighted by Crippen LogP contribution is -2.57. The van der Waals surface area contributed by atoms with Crippen molar-refractivity contribution in [2.75, 3.05) is 20.2 Å². The molecule has 8 nitrogen and oxygen atoms in total. The molecule has 0 aromatic carbocycles. The molecular formula is C22H34BrN3O5. The van der Waals surface area contributed by atoms with E-state index < -0.39 is 29.6 Å². The van der Waals surface area contributed by atoms with Gasteiger partial charge in [-0.25, -0.2) is 0 Å². The van der Waals surface area contributed by atoms with Crippen molar-refractivity contribution in [1.82, 2.24) is 15.5 Å². The highest BCUT2D eigenvalue weighted by atomic mass is 79.9. The Kier molecular flexibility index (Phi) is 6.93. The number of ether oxygens (including phenoxy) is 1. The number of alkyl halides is 1. The number of nitrogens with one attached hydrogen (secondary N) is 2. The quantitative estimate of drug-likeness (QED) is 0.342. The summed E-state index contributed by atoms with van der Waals surface area (Å²) in [6.07, 6.45) is 7.61. The molecule has 0 radical (unpaired) electrons. The number of fused-ring (bicyclic) bond motifs is 1. The number of amides is 3. The van der Waals surface area contributed by atoms with Crippen molar-refractivity contribution < 1.29 is 24.2 Å². The Morgan fingerprint density at radius 3 is 2.61 bits per heavy atom. The lowest BCUT2D eigenvalue weighted by atomic mass is 9.70. The van der Waals surface area contributed by atoms with E-state index in [4.69, 9.17) is 9.84 Å². The molecule has 1 saturated carbocycles. The molecule has 2 bridgehead atoms. The van der Waals surface area contributed by atoms with Crippen molar-refractivity contribution in [2.45, 2.75) is 86.4 Å². The standard InChI is InChI=1S/C22H34BrN3O5/c1-24-19(28)15-16-21(30)26(10-6-3-7-11-27)18(22(16)12-14(23)17(15)31-22)20(29)25-13-8-4-2-5-9-13/h13-18,27H,2-12H2,1H3,(H,24,28)(H,25,29)/t14?,15-,16-,17-,18?,22?/m0/s1.